The zero-order valence-electron chi connectivity index (χ0n) is 18.5. The first-order valence-corrected chi connectivity index (χ1v) is 11.9. The summed E-state index contributed by atoms with van der Waals surface area (Å²) >= 11 is 0. The second kappa shape index (κ2) is 9.82. The van der Waals surface area contributed by atoms with Crippen molar-refractivity contribution >= 4 is 16.9 Å². The van der Waals surface area contributed by atoms with Gasteiger partial charge in [0.1, 0.15) is 12.1 Å². The summed E-state index contributed by atoms with van der Waals surface area (Å²) in [5, 5.41) is 4.36. The van der Waals surface area contributed by atoms with E-state index in [2.05, 4.69) is 18.3 Å². The van der Waals surface area contributed by atoms with E-state index in [1.807, 2.05) is 24.3 Å². The average Bonchev–Trinajstić information content (AvgIpc) is 3.21. The van der Waals surface area contributed by atoms with Crippen LogP contribution in [0.15, 0.2) is 46.6 Å². The van der Waals surface area contributed by atoms with Crippen LogP contribution in [0.25, 0.3) is 11.0 Å². The third kappa shape index (κ3) is 5.15. The summed E-state index contributed by atoms with van der Waals surface area (Å²) in [6.07, 6.45) is 14.9. The Hall–Kier alpha value is -2.07. The molecule has 0 radical (unpaired) electrons. The van der Waals surface area contributed by atoms with Gasteiger partial charge < -0.3 is 14.2 Å². The van der Waals surface area contributed by atoms with Crippen molar-refractivity contribution < 1.29 is 13.7 Å². The SMILES string of the molecule is CC[N+]1(CC2=CCCCCCC2)CCC(NC(=O)Cc2cccc3occc23)CC1. The minimum atomic E-state index is 0.132. The van der Waals surface area contributed by atoms with Gasteiger partial charge in [-0.15, -0.1) is 0 Å². The molecule has 2 aliphatic rings. The number of hydrogen-bond donors (Lipinski definition) is 1. The van der Waals surface area contributed by atoms with Crippen molar-refractivity contribution in [1.29, 1.82) is 0 Å². The largest absolute Gasteiger partial charge is 0.464 e. The van der Waals surface area contributed by atoms with E-state index < -0.39 is 0 Å². The average molecular weight is 410 g/mol. The van der Waals surface area contributed by atoms with Crippen LogP contribution in [0.3, 0.4) is 0 Å². The lowest BCUT2D eigenvalue weighted by Gasteiger charge is -2.44. The molecule has 1 aromatic carbocycles. The van der Waals surface area contributed by atoms with Gasteiger partial charge in [0, 0.05) is 24.3 Å². The molecule has 0 atom stereocenters. The van der Waals surface area contributed by atoms with Crippen molar-refractivity contribution in [2.24, 2.45) is 0 Å². The lowest BCUT2D eigenvalue weighted by molar-refractivity contribution is -0.927. The topological polar surface area (TPSA) is 42.2 Å². The Balaban J connectivity index is 1.30. The van der Waals surface area contributed by atoms with Gasteiger partial charge in [-0.1, -0.05) is 31.1 Å². The number of furan rings is 1. The molecule has 4 heteroatoms. The number of rotatable bonds is 6. The highest BCUT2D eigenvalue weighted by molar-refractivity contribution is 5.87. The van der Waals surface area contributed by atoms with Crippen LogP contribution in [-0.2, 0) is 11.2 Å². The van der Waals surface area contributed by atoms with Crippen LogP contribution < -0.4 is 5.32 Å². The van der Waals surface area contributed by atoms with E-state index in [1.165, 1.54) is 69.2 Å². The van der Waals surface area contributed by atoms with Crippen molar-refractivity contribution in [3.8, 4) is 0 Å². The molecule has 162 valence electrons. The minimum absolute atomic E-state index is 0.132. The van der Waals surface area contributed by atoms with E-state index in [0.29, 0.717) is 12.5 Å². The van der Waals surface area contributed by atoms with Gasteiger partial charge in [-0.05, 0) is 55.9 Å². The van der Waals surface area contributed by atoms with E-state index in [4.69, 9.17) is 4.42 Å². The fourth-order valence-corrected chi connectivity index (χ4v) is 5.34. The smallest absolute Gasteiger partial charge is 0.224 e. The Labute approximate surface area is 180 Å². The number of likely N-dealkylation sites (N-methyl/N-ethyl adjacent to an activating group) is 1. The maximum Gasteiger partial charge on any atom is 0.224 e. The molecule has 1 aliphatic heterocycles. The highest BCUT2D eigenvalue weighted by Gasteiger charge is 2.33. The molecule has 1 N–H and O–H groups in total. The van der Waals surface area contributed by atoms with E-state index in [9.17, 15) is 4.79 Å². The second-order valence-corrected chi connectivity index (χ2v) is 9.35. The summed E-state index contributed by atoms with van der Waals surface area (Å²) in [7, 11) is 0. The quantitative estimate of drug-likeness (QED) is 0.515. The number of nitrogens with zero attached hydrogens (tertiary/aromatic N) is 1. The number of carbonyl (C=O) groups excluding carboxylic acids is 1. The lowest BCUT2D eigenvalue weighted by Crippen LogP contribution is -2.57. The maximum absolute atomic E-state index is 12.7. The van der Waals surface area contributed by atoms with E-state index in [0.717, 1.165) is 29.4 Å². The molecular weight excluding hydrogens is 372 g/mol. The number of hydrogen-bond acceptors (Lipinski definition) is 2. The van der Waals surface area contributed by atoms with Crippen molar-refractivity contribution in [2.75, 3.05) is 26.2 Å². The molecule has 30 heavy (non-hydrogen) atoms. The van der Waals surface area contributed by atoms with Crippen LogP contribution in [0, 0.1) is 0 Å². The number of fused-ring (bicyclic) bond motifs is 1. The molecule has 0 bridgehead atoms. The van der Waals surface area contributed by atoms with E-state index >= 15 is 0 Å². The summed E-state index contributed by atoms with van der Waals surface area (Å²) in [6, 6.07) is 8.21. The van der Waals surface area contributed by atoms with Crippen LogP contribution in [0.4, 0.5) is 0 Å². The first kappa shape index (κ1) is 21.2. The number of quaternary nitrogens is 1. The fraction of sp³-hybridized carbons (Fsp3) is 0.577. The molecule has 1 aliphatic carbocycles. The Bertz CT molecular complexity index is 874. The predicted octanol–water partition coefficient (Wildman–Crippen LogP) is 5.37. The Morgan fingerprint density at radius 2 is 1.97 bits per heavy atom. The number of amides is 1. The van der Waals surface area contributed by atoms with Crippen molar-refractivity contribution in [2.45, 2.75) is 70.8 Å². The van der Waals surface area contributed by atoms with Crippen LogP contribution >= 0.6 is 0 Å². The van der Waals surface area contributed by atoms with E-state index in [-0.39, 0.29) is 5.91 Å². The van der Waals surface area contributed by atoms with Gasteiger partial charge in [-0.3, -0.25) is 4.79 Å². The van der Waals surface area contributed by atoms with Gasteiger partial charge in [0.15, 0.2) is 0 Å². The molecule has 1 saturated heterocycles. The van der Waals surface area contributed by atoms with Crippen LogP contribution in [0.1, 0.15) is 63.9 Å². The maximum atomic E-state index is 12.7. The summed E-state index contributed by atoms with van der Waals surface area (Å²) in [5.41, 5.74) is 3.59. The van der Waals surface area contributed by atoms with Gasteiger partial charge in [-0.2, -0.15) is 0 Å². The highest BCUT2D eigenvalue weighted by atomic mass is 16.3. The number of nitrogens with one attached hydrogen (secondary N) is 1. The second-order valence-electron chi connectivity index (χ2n) is 9.35. The molecule has 2 aromatic rings. The Morgan fingerprint density at radius 1 is 1.13 bits per heavy atom. The van der Waals surface area contributed by atoms with Crippen LogP contribution in [-0.4, -0.2) is 42.6 Å². The summed E-state index contributed by atoms with van der Waals surface area (Å²) in [5.74, 6) is 0.132. The molecule has 1 amide bonds. The van der Waals surface area contributed by atoms with Gasteiger partial charge >= 0.3 is 0 Å². The summed E-state index contributed by atoms with van der Waals surface area (Å²) < 4.78 is 6.66. The van der Waals surface area contributed by atoms with Crippen LogP contribution in [0.2, 0.25) is 0 Å². The molecule has 1 aromatic heterocycles. The number of allylic oxidation sites excluding steroid dienone is 1. The van der Waals surface area contributed by atoms with Gasteiger partial charge in [-0.25, -0.2) is 0 Å². The molecule has 4 rings (SSSR count). The standard InChI is InChI=1S/C26H36N2O2/c1-2-28(20-21-9-6-4-3-5-7-10-21)16-13-23(14-17-28)27-26(29)19-22-11-8-12-25-24(22)15-18-30-25/h8-9,11-12,15,18,23H,2-7,10,13-14,16-17,19-20H2,1H3/p+1. The number of benzene rings is 1. The summed E-state index contributed by atoms with van der Waals surface area (Å²) in [4.78, 5) is 12.7. The number of likely N-dealkylation sites (tertiary alicyclic amines) is 1. The Morgan fingerprint density at radius 3 is 2.80 bits per heavy atom. The zero-order valence-corrected chi connectivity index (χ0v) is 18.5. The number of carbonyl (C=O) groups is 1. The highest BCUT2D eigenvalue weighted by Crippen LogP contribution is 2.26. The van der Waals surface area contributed by atoms with Crippen LogP contribution in [0.5, 0.6) is 0 Å². The molecule has 0 unspecified atom stereocenters. The third-order valence-corrected chi connectivity index (χ3v) is 7.30. The number of piperidine rings is 1. The molecule has 4 nitrogen and oxygen atoms in total. The molecular formula is C26H37N2O2+. The normalized spacial score (nSPS) is 25.4. The minimum Gasteiger partial charge on any atom is -0.464 e. The first-order chi connectivity index (χ1) is 14.7. The summed E-state index contributed by atoms with van der Waals surface area (Å²) in [6.45, 7) is 7.11. The molecule has 2 heterocycles. The fourth-order valence-electron chi connectivity index (χ4n) is 5.34. The van der Waals surface area contributed by atoms with Crippen molar-refractivity contribution in [3.05, 3.63) is 47.7 Å². The third-order valence-electron chi connectivity index (χ3n) is 7.30. The van der Waals surface area contributed by atoms with Gasteiger partial charge in [0.05, 0.1) is 32.3 Å². The van der Waals surface area contributed by atoms with Crippen molar-refractivity contribution in [3.63, 3.8) is 0 Å². The predicted molar refractivity (Wildman–Crippen MR) is 122 cm³/mol. The Kier molecular flexibility index (Phi) is 6.93. The van der Waals surface area contributed by atoms with Gasteiger partial charge in [0.25, 0.3) is 0 Å². The zero-order chi connectivity index (χ0) is 20.8. The van der Waals surface area contributed by atoms with Crippen molar-refractivity contribution in [1.82, 2.24) is 5.32 Å². The molecule has 1 fully saturated rings. The first-order valence-electron chi connectivity index (χ1n) is 11.9. The lowest BCUT2D eigenvalue weighted by atomic mass is 9.96. The van der Waals surface area contributed by atoms with Gasteiger partial charge in [0.2, 0.25) is 5.91 Å². The molecule has 0 saturated carbocycles. The molecule has 0 spiro atoms. The monoisotopic (exact) mass is 409 g/mol. The van der Waals surface area contributed by atoms with E-state index in [1.54, 1.807) is 11.8 Å².